The van der Waals surface area contributed by atoms with Gasteiger partial charge in [-0.1, -0.05) is 0 Å². The van der Waals surface area contributed by atoms with E-state index in [1.165, 1.54) is 0 Å². The molecule has 0 bridgehead atoms. The molecule has 0 aliphatic rings. The standard InChI is InChI=1S/C14H9F4N3O2/c1-6-2-10-19-7(3-11(22)21(10)20-6)5-23-14-12(17)8(15)4-9(16)13(14)18/h2-4,22H,5H2,1H3. The summed E-state index contributed by atoms with van der Waals surface area (Å²) in [5.41, 5.74) is 0.973. The van der Waals surface area contributed by atoms with Crippen LogP contribution in [-0.2, 0) is 6.61 Å². The molecule has 0 spiro atoms. The van der Waals surface area contributed by atoms with Crippen molar-refractivity contribution >= 4 is 5.65 Å². The van der Waals surface area contributed by atoms with Gasteiger partial charge in [0.1, 0.15) is 6.61 Å². The Morgan fingerprint density at radius 1 is 1.09 bits per heavy atom. The second-order valence-corrected chi connectivity index (χ2v) is 4.75. The van der Waals surface area contributed by atoms with Crippen LogP contribution < -0.4 is 4.74 Å². The normalized spacial score (nSPS) is 11.2. The van der Waals surface area contributed by atoms with Crippen molar-refractivity contribution in [2.45, 2.75) is 13.5 Å². The number of ether oxygens (including phenoxy) is 1. The molecule has 2 heterocycles. The topological polar surface area (TPSA) is 59.7 Å². The first-order valence-electron chi connectivity index (χ1n) is 6.38. The highest BCUT2D eigenvalue weighted by Gasteiger charge is 2.21. The molecule has 2 aromatic heterocycles. The molecule has 9 heteroatoms. The van der Waals surface area contributed by atoms with Gasteiger partial charge >= 0.3 is 0 Å². The minimum Gasteiger partial charge on any atom is -0.493 e. The number of rotatable bonds is 3. The lowest BCUT2D eigenvalue weighted by molar-refractivity contribution is 0.257. The van der Waals surface area contributed by atoms with E-state index in [1.807, 2.05) is 0 Å². The lowest BCUT2D eigenvalue weighted by Crippen LogP contribution is -2.06. The van der Waals surface area contributed by atoms with E-state index in [4.69, 9.17) is 4.74 Å². The lowest BCUT2D eigenvalue weighted by atomic mass is 10.3. The fourth-order valence-corrected chi connectivity index (χ4v) is 2.02. The predicted octanol–water partition coefficient (Wildman–Crippen LogP) is 2.88. The van der Waals surface area contributed by atoms with Crippen LogP contribution in [0.5, 0.6) is 11.6 Å². The number of hydrogen-bond acceptors (Lipinski definition) is 4. The molecule has 0 unspecified atom stereocenters. The van der Waals surface area contributed by atoms with Gasteiger partial charge in [0.25, 0.3) is 0 Å². The zero-order chi connectivity index (χ0) is 16.7. The van der Waals surface area contributed by atoms with E-state index < -0.39 is 35.6 Å². The van der Waals surface area contributed by atoms with Gasteiger partial charge < -0.3 is 9.84 Å². The monoisotopic (exact) mass is 327 g/mol. The Morgan fingerprint density at radius 2 is 1.74 bits per heavy atom. The molecule has 0 saturated carbocycles. The first kappa shape index (κ1) is 15.1. The number of aromatic hydroxyl groups is 1. The molecule has 23 heavy (non-hydrogen) atoms. The molecule has 0 aliphatic heterocycles. The lowest BCUT2D eigenvalue weighted by Gasteiger charge is -2.09. The van der Waals surface area contributed by atoms with Crippen molar-refractivity contribution in [1.29, 1.82) is 0 Å². The fourth-order valence-electron chi connectivity index (χ4n) is 2.02. The first-order valence-corrected chi connectivity index (χ1v) is 6.38. The summed E-state index contributed by atoms with van der Waals surface area (Å²) < 4.78 is 59.1. The van der Waals surface area contributed by atoms with Gasteiger partial charge in [-0.05, 0) is 6.92 Å². The molecule has 3 aromatic rings. The van der Waals surface area contributed by atoms with Crippen molar-refractivity contribution in [3.05, 3.63) is 52.9 Å². The van der Waals surface area contributed by atoms with Gasteiger partial charge in [-0.25, -0.2) is 13.8 Å². The number of hydrogen-bond donors (Lipinski definition) is 1. The summed E-state index contributed by atoms with van der Waals surface area (Å²) in [7, 11) is 0. The molecule has 0 fully saturated rings. The van der Waals surface area contributed by atoms with E-state index in [0.717, 1.165) is 10.6 Å². The van der Waals surface area contributed by atoms with Gasteiger partial charge in [0.2, 0.25) is 17.5 Å². The second kappa shape index (κ2) is 5.41. The van der Waals surface area contributed by atoms with Crippen LogP contribution in [0.25, 0.3) is 5.65 Å². The van der Waals surface area contributed by atoms with E-state index in [0.29, 0.717) is 5.69 Å². The third kappa shape index (κ3) is 2.65. The summed E-state index contributed by atoms with van der Waals surface area (Å²) in [6.45, 7) is 1.18. The second-order valence-electron chi connectivity index (χ2n) is 4.75. The minimum atomic E-state index is -1.64. The quantitative estimate of drug-likeness (QED) is 0.594. The number of aryl methyl sites for hydroxylation is 1. The van der Waals surface area contributed by atoms with Crippen molar-refractivity contribution < 1.29 is 27.4 Å². The summed E-state index contributed by atoms with van der Waals surface area (Å²) in [5.74, 6) is -7.89. The summed E-state index contributed by atoms with van der Waals surface area (Å²) in [5, 5.41) is 13.8. The molecule has 3 rings (SSSR count). The summed E-state index contributed by atoms with van der Waals surface area (Å²) in [4.78, 5) is 4.06. The molecular formula is C14H9F4N3O2. The maximum absolute atomic E-state index is 13.5. The van der Waals surface area contributed by atoms with Crippen molar-refractivity contribution in [3.63, 3.8) is 0 Å². The number of fused-ring (bicyclic) bond motifs is 1. The van der Waals surface area contributed by atoms with Gasteiger partial charge in [-0.15, -0.1) is 0 Å². The maximum Gasteiger partial charge on any atom is 0.215 e. The van der Waals surface area contributed by atoms with Crippen LogP contribution in [0.2, 0.25) is 0 Å². The molecule has 0 saturated heterocycles. The van der Waals surface area contributed by atoms with Crippen molar-refractivity contribution in [1.82, 2.24) is 14.6 Å². The van der Waals surface area contributed by atoms with E-state index in [-0.39, 0.29) is 23.3 Å². The Kier molecular flexibility index (Phi) is 3.55. The van der Waals surface area contributed by atoms with Gasteiger partial charge in [0.15, 0.2) is 23.0 Å². The SMILES string of the molecule is Cc1cc2nc(COc3c(F)c(F)cc(F)c3F)cc(O)n2n1. The highest BCUT2D eigenvalue weighted by molar-refractivity contribution is 5.43. The van der Waals surface area contributed by atoms with E-state index in [9.17, 15) is 22.7 Å². The van der Waals surface area contributed by atoms with Crippen LogP contribution >= 0.6 is 0 Å². The zero-order valence-electron chi connectivity index (χ0n) is 11.6. The Balaban J connectivity index is 1.92. The molecule has 1 aromatic carbocycles. The first-order chi connectivity index (χ1) is 10.9. The molecule has 5 nitrogen and oxygen atoms in total. The largest absolute Gasteiger partial charge is 0.493 e. The van der Waals surface area contributed by atoms with E-state index >= 15 is 0 Å². The Bertz CT molecular complexity index is 885. The van der Waals surface area contributed by atoms with Crippen LogP contribution in [0.3, 0.4) is 0 Å². The highest BCUT2D eigenvalue weighted by Crippen LogP contribution is 2.27. The fraction of sp³-hybridized carbons (Fsp3) is 0.143. The van der Waals surface area contributed by atoms with E-state index in [1.54, 1.807) is 13.0 Å². The van der Waals surface area contributed by atoms with Gasteiger partial charge in [0, 0.05) is 18.2 Å². The van der Waals surface area contributed by atoms with E-state index in [2.05, 4.69) is 10.1 Å². The molecule has 0 amide bonds. The molecule has 1 N–H and O–H groups in total. The third-order valence-corrected chi connectivity index (χ3v) is 3.02. The van der Waals surface area contributed by atoms with Gasteiger partial charge in [-0.2, -0.15) is 18.4 Å². The number of nitrogens with zero attached hydrogens (tertiary/aromatic N) is 3. The number of aromatic nitrogens is 3. The van der Waals surface area contributed by atoms with Crippen molar-refractivity contribution in [2.24, 2.45) is 0 Å². The average molecular weight is 327 g/mol. The molecular weight excluding hydrogens is 318 g/mol. The van der Waals surface area contributed by atoms with Crippen LogP contribution in [0, 0.1) is 30.2 Å². The summed E-state index contributed by atoms with van der Waals surface area (Å²) in [6, 6.07) is 2.81. The molecule has 0 radical (unpaired) electrons. The third-order valence-electron chi connectivity index (χ3n) is 3.02. The minimum absolute atomic E-state index is 0.0860. The Morgan fingerprint density at radius 3 is 2.39 bits per heavy atom. The molecule has 0 atom stereocenters. The van der Waals surface area contributed by atoms with Gasteiger partial charge in [-0.3, -0.25) is 0 Å². The zero-order valence-corrected chi connectivity index (χ0v) is 11.6. The predicted molar refractivity (Wildman–Crippen MR) is 70.0 cm³/mol. The Hall–Kier alpha value is -2.84. The van der Waals surface area contributed by atoms with Crippen LogP contribution in [0.15, 0.2) is 18.2 Å². The summed E-state index contributed by atoms with van der Waals surface area (Å²) in [6.07, 6.45) is 0. The number of benzene rings is 1. The van der Waals surface area contributed by atoms with Crippen LogP contribution in [0.1, 0.15) is 11.4 Å². The maximum atomic E-state index is 13.5. The van der Waals surface area contributed by atoms with Crippen LogP contribution in [0.4, 0.5) is 17.6 Å². The highest BCUT2D eigenvalue weighted by atomic mass is 19.2. The van der Waals surface area contributed by atoms with Crippen molar-refractivity contribution in [2.75, 3.05) is 0 Å². The Labute approximate surface area is 126 Å². The molecule has 0 aliphatic carbocycles. The van der Waals surface area contributed by atoms with Gasteiger partial charge in [0.05, 0.1) is 11.4 Å². The smallest absolute Gasteiger partial charge is 0.215 e. The molecule has 120 valence electrons. The average Bonchev–Trinajstić information content (AvgIpc) is 2.86. The van der Waals surface area contributed by atoms with Crippen molar-refractivity contribution in [3.8, 4) is 11.6 Å². The number of halogens is 4. The summed E-state index contributed by atoms with van der Waals surface area (Å²) >= 11 is 0. The van der Waals surface area contributed by atoms with Crippen LogP contribution in [-0.4, -0.2) is 19.7 Å².